The summed E-state index contributed by atoms with van der Waals surface area (Å²) in [6.45, 7) is 25.4. The molecule has 47 heavy (non-hydrogen) atoms. The first-order valence-corrected chi connectivity index (χ1v) is 17.6. The predicted molar refractivity (Wildman–Crippen MR) is 198 cm³/mol. The maximum Gasteiger partial charge on any atom is 0.253 e. The van der Waals surface area contributed by atoms with Crippen molar-refractivity contribution in [1.82, 2.24) is 24.2 Å². The average Bonchev–Trinajstić information content (AvgIpc) is 3.34. The Balaban J connectivity index is 0.00000245. The molecule has 1 aromatic heterocycles. The number of nitrogens with zero attached hydrogens (tertiary/aromatic N) is 5. The number of hydrogen-bond acceptors (Lipinski definition) is 5. The molecular formula is C40H57N5O2. The number of fused-ring (bicyclic) bond motifs is 1. The van der Waals surface area contributed by atoms with E-state index in [9.17, 15) is 4.79 Å². The van der Waals surface area contributed by atoms with Crippen molar-refractivity contribution < 1.29 is 9.53 Å². The fraction of sp³-hybridized carbons (Fsp3) is 0.475. The fourth-order valence-electron chi connectivity index (χ4n) is 6.47. The van der Waals surface area contributed by atoms with E-state index in [2.05, 4.69) is 84.0 Å². The van der Waals surface area contributed by atoms with Crippen LogP contribution in [-0.2, 0) is 6.54 Å². The number of carbonyl (C=O) groups excluding carboxylic acids is 1. The van der Waals surface area contributed by atoms with Crippen molar-refractivity contribution in [2.24, 2.45) is 0 Å². The summed E-state index contributed by atoms with van der Waals surface area (Å²) in [5.74, 6) is 1.64. The third kappa shape index (κ3) is 9.69. The third-order valence-corrected chi connectivity index (χ3v) is 9.59. The zero-order valence-corrected chi connectivity index (χ0v) is 29.8. The molecule has 2 aliphatic rings. The molecule has 0 unspecified atom stereocenters. The van der Waals surface area contributed by atoms with Crippen LogP contribution in [0.15, 0.2) is 78.9 Å². The van der Waals surface area contributed by atoms with E-state index in [0.717, 1.165) is 83.2 Å². The second-order valence-electron chi connectivity index (χ2n) is 12.5. The first kappa shape index (κ1) is 36.2. The Morgan fingerprint density at radius 1 is 0.851 bits per heavy atom. The van der Waals surface area contributed by atoms with Crippen molar-refractivity contribution in [1.29, 1.82) is 0 Å². The lowest BCUT2D eigenvalue weighted by molar-refractivity contribution is 0.0638. The SMILES string of the molecule is C=C/C=C\C(=C/C)CCN1CCN(C(=O)c2ccc(Oc3ccc4c(c3)c(C)c(C)n4CCCN3CCN(C)CC3)cc2)CC1.CC. The molecule has 2 aliphatic heterocycles. The van der Waals surface area contributed by atoms with E-state index in [-0.39, 0.29) is 5.91 Å². The molecule has 2 aromatic carbocycles. The molecule has 2 fully saturated rings. The highest BCUT2D eigenvalue weighted by molar-refractivity contribution is 5.94. The molecule has 1 amide bonds. The molecule has 0 saturated carbocycles. The second-order valence-corrected chi connectivity index (χ2v) is 12.5. The van der Waals surface area contributed by atoms with Gasteiger partial charge < -0.3 is 24.0 Å². The lowest BCUT2D eigenvalue weighted by Gasteiger charge is -2.34. The molecule has 0 spiro atoms. The molecule has 3 heterocycles. The van der Waals surface area contributed by atoms with E-state index in [0.29, 0.717) is 5.56 Å². The fourth-order valence-corrected chi connectivity index (χ4v) is 6.47. The van der Waals surface area contributed by atoms with E-state index < -0.39 is 0 Å². The summed E-state index contributed by atoms with van der Waals surface area (Å²) < 4.78 is 8.73. The summed E-state index contributed by atoms with van der Waals surface area (Å²) in [5, 5.41) is 1.24. The predicted octanol–water partition coefficient (Wildman–Crippen LogP) is 7.55. The first-order valence-electron chi connectivity index (χ1n) is 17.6. The van der Waals surface area contributed by atoms with E-state index >= 15 is 0 Å². The number of carbonyl (C=O) groups is 1. The summed E-state index contributed by atoms with van der Waals surface area (Å²) in [6.07, 6.45) is 10.2. The van der Waals surface area contributed by atoms with Crippen molar-refractivity contribution in [2.45, 2.75) is 54.0 Å². The van der Waals surface area contributed by atoms with Crippen LogP contribution < -0.4 is 4.74 Å². The highest BCUT2D eigenvalue weighted by Crippen LogP contribution is 2.31. The molecule has 5 rings (SSSR count). The van der Waals surface area contributed by atoms with Crippen LogP contribution >= 0.6 is 0 Å². The Hall–Kier alpha value is -3.65. The van der Waals surface area contributed by atoms with Gasteiger partial charge in [0.15, 0.2) is 0 Å². The number of benzene rings is 2. The first-order chi connectivity index (χ1) is 22.9. The molecule has 7 nitrogen and oxygen atoms in total. The maximum absolute atomic E-state index is 13.2. The lowest BCUT2D eigenvalue weighted by atomic mass is 10.1. The van der Waals surface area contributed by atoms with Crippen LogP contribution in [0.4, 0.5) is 0 Å². The molecule has 2 saturated heterocycles. The number of rotatable bonds is 12. The van der Waals surface area contributed by atoms with Crippen LogP contribution in [0.1, 0.15) is 55.2 Å². The summed E-state index contributed by atoms with van der Waals surface area (Å²) in [5.41, 5.74) is 5.92. The van der Waals surface area contributed by atoms with Gasteiger partial charge in [-0.1, -0.05) is 50.3 Å². The van der Waals surface area contributed by atoms with Crippen molar-refractivity contribution in [2.75, 3.05) is 72.5 Å². The maximum atomic E-state index is 13.2. The molecular weight excluding hydrogens is 582 g/mol. The number of piperazine rings is 2. The molecule has 254 valence electrons. The minimum atomic E-state index is 0.0886. The molecule has 0 radical (unpaired) electrons. The Morgan fingerprint density at radius 2 is 1.49 bits per heavy atom. The Morgan fingerprint density at radius 3 is 2.15 bits per heavy atom. The largest absolute Gasteiger partial charge is 0.457 e. The molecule has 0 aliphatic carbocycles. The summed E-state index contributed by atoms with van der Waals surface area (Å²) >= 11 is 0. The minimum absolute atomic E-state index is 0.0886. The van der Waals surface area contributed by atoms with Gasteiger partial charge in [0.25, 0.3) is 5.91 Å². The molecule has 0 atom stereocenters. The monoisotopic (exact) mass is 639 g/mol. The van der Waals surface area contributed by atoms with Gasteiger partial charge in [-0.2, -0.15) is 0 Å². The van der Waals surface area contributed by atoms with Crippen LogP contribution in [0, 0.1) is 13.8 Å². The van der Waals surface area contributed by atoms with Crippen LogP contribution in [0.3, 0.4) is 0 Å². The van der Waals surface area contributed by atoms with Crippen LogP contribution in [0.5, 0.6) is 11.5 Å². The Bertz CT molecular complexity index is 1500. The van der Waals surface area contributed by atoms with Gasteiger partial charge in [0.05, 0.1) is 0 Å². The lowest BCUT2D eigenvalue weighted by Crippen LogP contribution is -2.48. The molecule has 3 aromatic rings. The topological polar surface area (TPSA) is 44.2 Å². The summed E-state index contributed by atoms with van der Waals surface area (Å²) in [4.78, 5) is 22.6. The normalized spacial score (nSPS) is 16.8. The van der Waals surface area contributed by atoms with E-state index in [4.69, 9.17) is 4.74 Å². The van der Waals surface area contributed by atoms with Crippen LogP contribution in [0.2, 0.25) is 0 Å². The number of aryl methyl sites for hydroxylation is 2. The van der Waals surface area contributed by atoms with Crippen molar-refractivity contribution >= 4 is 16.8 Å². The van der Waals surface area contributed by atoms with E-state index in [1.807, 2.05) is 55.2 Å². The smallest absolute Gasteiger partial charge is 0.253 e. The van der Waals surface area contributed by atoms with Crippen molar-refractivity contribution in [3.63, 3.8) is 0 Å². The number of likely N-dealkylation sites (N-methyl/N-ethyl adjacent to an activating group) is 1. The zero-order chi connectivity index (χ0) is 33.8. The molecule has 0 bridgehead atoms. The highest BCUT2D eigenvalue weighted by Gasteiger charge is 2.22. The van der Waals surface area contributed by atoms with Gasteiger partial charge in [0.1, 0.15) is 11.5 Å². The van der Waals surface area contributed by atoms with E-state index in [1.165, 1.54) is 40.8 Å². The van der Waals surface area contributed by atoms with Crippen LogP contribution in [0.25, 0.3) is 10.9 Å². The van der Waals surface area contributed by atoms with Crippen molar-refractivity contribution in [3.8, 4) is 11.5 Å². The minimum Gasteiger partial charge on any atom is -0.457 e. The highest BCUT2D eigenvalue weighted by atomic mass is 16.5. The number of ether oxygens (including phenoxy) is 1. The zero-order valence-electron chi connectivity index (χ0n) is 29.8. The second kappa shape index (κ2) is 18.0. The van der Waals surface area contributed by atoms with Gasteiger partial charge in [-0.3, -0.25) is 9.69 Å². The van der Waals surface area contributed by atoms with Gasteiger partial charge in [-0.15, -0.1) is 0 Å². The molecule has 0 N–H and O–H groups in total. The summed E-state index contributed by atoms with van der Waals surface area (Å²) in [7, 11) is 2.21. The summed E-state index contributed by atoms with van der Waals surface area (Å²) in [6, 6.07) is 14.0. The Kier molecular flexibility index (Phi) is 13.9. The third-order valence-electron chi connectivity index (χ3n) is 9.59. The van der Waals surface area contributed by atoms with Gasteiger partial charge >= 0.3 is 0 Å². The van der Waals surface area contributed by atoms with Crippen molar-refractivity contribution in [3.05, 3.63) is 95.7 Å². The van der Waals surface area contributed by atoms with Gasteiger partial charge in [-0.25, -0.2) is 0 Å². The molecule has 7 heteroatoms. The van der Waals surface area contributed by atoms with Gasteiger partial charge in [0, 0.05) is 87.6 Å². The Labute approximate surface area is 283 Å². The standard InChI is InChI=1S/C38H51N5O2.C2H6/c1-6-8-10-32(7-2)17-20-41-25-27-42(28-26-41)38(44)33-11-13-34(14-12-33)45-35-15-16-37-36(29-35)30(3)31(4)43(37)19-9-18-40-23-21-39(5)22-24-40;1-2/h6-8,10-16,29H,1,9,17-28H2,2-5H3;1-2H3/b10-8-,32-7+;. The number of hydrogen-bond donors (Lipinski definition) is 0. The number of amides is 1. The average molecular weight is 640 g/mol. The van der Waals surface area contributed by atoms with E-state index in [1.54, 1.807) is 0 Å². The van der Waals surface area contributed by atoms with Crippen LogP contribution in [-0.4, -0.2) is 103 Å². The van der Waals surface area contributed by atoms with Gasteiger partial charge in [-0.05, 0) is 95.2 Å². The number of allylic oxidation sites excluding steroid dienone is 4. The number of aromatic nitrogens is 1. The van der Waals surface area contributed by atoms with Gasteiger partial charge in [0.2, 0.25) is 0 Å². The quantitative estimate of drug-likeness (QED) is 0.192.